The van der Waals surface area contributed by atoms with E-state index in [1.54, 1.807) is 31.4 Å². The molecular weight excluding hydrogens is 206 g/mol. The molecular formula is C12H15NO3. The number of methoxy groups -OCH3 is 1. The average Bonchev–Trinajstić information content (AvgIpc) is 2.30. The first-order valence-electron chi connectivity index (χ1n) is 5.04. The molecule has 1 atom stereocenters. The van der Waals surface area contributed by atoms with Gasteiger partial charge >= 0.3 is 0 Å². The van der Waals surface area contributed by atoms with Crippen molar-refractivity contribution in [3.8, 4) is 11.8 Å². The lowest BCUT2D eigenvalue weighted by Gasteiger charge is -2.10. The number of rotatable bonds is 6. The monoisotopic (exact) mass is 221 g/mol. The van der Waals surface area contributed by atoms with Crippen LogP contribution in [0.1, 0.15) is 18.1 Å². The van der Waals surface area contributed by atoms with Crippen molar-refractivity contribution >= 4 is 0 Å². The second-order valence-corrected chi connectivity index (χ2v) is 3.29. The summed E-state index contributed by atoms with van der Waals surface area (Å²) < 4.78 is 10.3. The maximum atomic E-state index is 9.61. The van der Waals surface area contributed by atoms with Crippen molar-refractivity contribution in [2.24, 2.45) is 0 Å². The van der Waals surface area contributed by atoms with Gasteiger partial charge in [0.2, 0.25) is 0 Å². The lowest BCUT2D eigenvalue weighted by Crippen LogP contribution is -2.05. The molecule has 0 spiro atoms. The molecule has 1 aromatic rings. The molecule has 0 aliphatic carbocycles. The fraction of sp³-hybridized carbons (Fsp3) is 0.417. The summed E-state index contributed by atoms with van der Waals surface area (Å²) in [7, 11) is 1.61. The number of nitrogens with zero attached hydrogens (tertiary/aromatic N) is 1. The maximum Gasteiger partial charge on any atom is 0.119 e. The molecule has 0 aliphatic rings. The SMILES string of the molecule is COCCOc1cccc(C(O)CC#N)c1. The minimum Gasteiger partial charge on any atom is -0.491 e. The van der Waals surface area contributed by atoms with Gasteiger partial charge in [-0.15, -0.1) is 0 Å². The minimum absolute atomic E-state index is 0.0848. The Labute approximate surface area is 95.0 Å². The van der Waals surface area contributed by atoms with Crippen LogP contribution in [-0.2, 0) is 4.74 Å². The summed E-state index contributed by atoms with van der Waals surface area (Å²) in [6.45, 7) is 0.985. The van der Waals surface area contributed by atoms with Gasteiger partial charge in [-0.05, 0) is 17.7 Å². The van der Waals surface area contributed by atoms with Crippen molar-refractivity contribution in [3.05, 3.63) is 29.8 Å². The van der Waals surface area contributed by atoms with Crippen LogP contribution in [0, 0.1) is 11.3 Å². The van der Waals surface area contributed by atoms with Gasteiger partial charge in [0.05, 0.1) is 25.2 Å². The Hall–Kier alpha value is -1.57. The molecule has 0 radical (unpaired) electrons. The quantitative estimate of drug-likeness (QED) is 0.742. The first kappa shape index (κ1) is 12.5. The van der Waals surface area contributed by atoms with Gasteiger partial charge in [-0.3, -0.25) is 0 Å². The molecule has 1 aromatic carbocycles. The molecule has 0 fully saturated rings. The Morgan fingerprint density at radius 1 is 1.44 bits per heavy atom. The molecule has 0 bridgehead atoms. The molecule has 16 heavy (non-hydrogen) atoms. The number of hydrogen-bond donors (Lipinski definition) is 1. The van der Waals surface area contributed by atoms with E-state index in [-0.39, 0.29) is 6.42 Å². The van der Waals surface area contributed by atoms with E-state index in [1.807, 2.05) is 6.07 Å². The predicted octanol–water partition coefficient (Wildman–Crippen LogP) is 1.66. The van der Waals surface area contributed by atoms with Gasteiger partial charge in [-0.25, -0.2) is 0 Å². The molecule has 0 aliphatic heterocycles. The van der Waals surface area contributed by atoms with Crippen LogP contribution in [0.5, 0.6) is 5.75 Å². The van der Waals surface area contributed by atoms with Crippen LogP contribution in [0.4, 0.5) is 0 Å². The summed E-state index contributed by atoms with van der Waals surface area (Å²) in [5, 5.41) is 18.1. The Kier molecular flexibility index (Phi) is 5.34. The zero-order valence-corrected chi connectivity index (χ0v) is 9.22. The van der Waals surface area contributed by atoms with Crippen molar-refractivity contribution in [2.45, 2.75) is 12.5 Å². The van der Waals surface area contributed by atoms with E-state index < -0.39 is 6.10 Å². The third-order valence-electron chi connectivity index (χ3n) is 2.08. The fourth-order valence-electron chi connectivity index (χ4n) is 1.26. The third kappa shape index (κ3) is 3.89. The molecule has 86 valence electrons. The Balaban J connectivity index is 2.60. The van der Waals surface area contributed by atoms with Crippen molar-refractivity contribution in [1.29, 1.82) is 5.26 Å². The van der Waals surface area contributed by atoms with E-state index in [4.69, 9.17) is 14.7 Å². The first-order valence-corrected chi connectivity index (χ1v) is 5.04. The minimum atomic E-state index is -0.754. The summed E-state index contributed by atoms with van der Waals surface area (Å²) in [4.78, 5) is 0. The van der Waals surface area contributed by atoms with E-state index in [0.717, 1.165) is 0 Å². The molecule has 0 heterocycles. The van der Waals surface area contributed by atoms with Crippen LogP contribution < -0.4 is 4.74 Å². The van der Waals surface area contributed by atoms with Crippen LogP contribution >= 0.6 is 0 Å². The number of benzene rings is 1. The number of aliphatic hydroxyl groups is 1. The molecule has 1 rings (SSSR count). The van der Waals surface area contributed by atoms with Gasteiger partial charge in [0.1, 0.15) is 12.4 Å². The predicted molar refractivity (Wildman–Crippen MR) is 59.0 cm³/mol. The topological polar surface area (TPSA) is 62.5 Å². The summed E-state index contributed by atoms with van der Waals surface area (Å²) in [5.74, 6) is 0.673. The first-order chi connectivity index (χ1) is 7.77. The highest BCUT2D eigenvalue weighted by Crippen LogP contribution is 2.21. The number of aliphatic hydroxyl groups excluding tert-OH is 1. The van der Waals surface area contributed by atoms with Gasteiger partial charge in [-0.1, -0.05) is 12.1 Å². The molecule has 0 aromatic heterocycles. The zero-order valence-electron chi connectivity index (χ0n) is 9.22. The van der Waals surface area contributed by atoms with Crippen LogP contribution in [0.15, 0.2) is 24.3 Å². The van der Waals surface area contributed by atoms with E-state index in [1.165, 1.54) is 0 Å². The zero-order chi connectivity index (χ0) is 11.8. The second-order valence-electron chi connectivity index (χ2n) is 3.29. The van der Waals surface area contributed by atoms with Crippen LogP contribution in [-0.4, -0.2) is 25.4 Å². The highest BCUT2D eigenvalue weighted by atomic mass is 16.5. The Bertz CT molecular complexity index is 360. The molecule has 1 N–H and O–H groups in total. The summed E-state index contributed by atoms with van der Waals surface area (Å²) in [6.07, 6.45) is -0.669. The van der Waals surface area contributed by atoms with Gasteiger partial charge in [0, 0.05) is 7.11 Å². The van der Waals surface area contributed by atoms with E-state index in [2.05, 4.69) is 0 Å². The standard InChI is InChI=1S/C12H15NO3/c1-15-7-8-16-11-4-2-3-10(9-11)12(14)5-6-13/h2-4,9,12,14H,5,7-8H2,1H3. The average molecular weight is 221 g/mol. The number of nitriles is 1. The molecule has 4 nitrogen and oxygen atoms in total. The van der Waals surface area contributed by atoms with Gasteiger partial charge in [0.25, 0.3) is 0 Å². The van der Waals surface area contributed by atoms with Crippen LogP contribution in [0.2, 0.25) is 0 Å². The highest BCUT2D eigenvalue weighted by molar-refractivity contribution is 5.30. The number of hydrogen-bond acceptors (Lipinski definition) is 4. The lowest BCUT2D eigenvalue weighted by atomic mass is 10.1. The summed E-state index contributed by atoms with van der Waals surface area (Å²) >= 11 is 0. The second kappa shape index (κ2) is 6.83. The summed E-state index contributed by atoms with van der Waals surface area (Å²) in [6, 6.07) is 9.02. The van der Waals surface area contributed by atoms with E-state index >= 15 is 0 Å². The van der Waals surface area contributed by atoms with E-state index in [9.17, 15) is 5.11 Å². The Morgan fingerprint density at radius 2 is 2.25 bits per heavy atom. The molecule has 1 unspecified atom stereocenters. The molecule has 0 amide bonds. The lowest BCUT2D eigenvalue weighted by molar-refractivity contribution is 0.145. The molecule has 0 saturated carbocycles. The van der Waals surface area contributed by atoms with Gasteiger partial charge in [0.15, 0.2) is 0 Å². The summed E-state index contributed by atoms with van der Waals surface area (Å²) in [5.41, 5.74) is 0.691. The maximum absolute atomic E-state index is 9.61. The van der Waals surface area contributed by atoms with Crippen molar-refractivity contribution < 1.29 is 14.6 Å². The van der Waals surface area contributed by atoms with E-state index in [0.29, 0.717) is 24.5 Å². The van der Waals surface area contributed by atoms with Gasteiger partial charge in [-0.2, -0.15) is 5.26 Å². The van der Waals surface area contributed by atoms with Crippen molar-refractivity contribution in [2.75, 3.05) is 20.3 Å². The smallest absolute Gasteiger partial charge is 0.119 e. The normalized spacial score (nSPS) is 11.8. The van der Waals surface area contributed by atoms with Crippen LogP contribution in [0.25, 0.3) is 0 Å². The molecule has 0 saturated heterocycles. The largest absolute Gasteiger partial charge is 0.491 e. The Morgan fingerprint density at radius 3 is 2.94 bits per heavy atom. The number of ether oxygens (including phenoxy) is 2. The third-order valence-corrected chi connectivity index (χ3v) is 2.08. The van der Waals surface area contributed by atoms with Gasteiger partial charge < -0.3 is 14.6 Å². The van der Waals surface area contributed by atoms with Crippen LogP contribution in [0.3, 0.4) is 0 Å². The van der Waals surface area contributed by atoms with Crippen molar-refractivity contribution in [1.82, 2.24) is 0 Å². The van der Waals surface area contributed by atoms with Crippen molar-refractivity contribution in [3.63, 3.8) is 0 Å². The fourth-order valence-corrected chi connectivity index (χ4v) is 1.26. The highest BCUT2D eigenvalue weighted by Gasteiger charge is 2.07. The molecule has 4 heteroatoms.